The highest BCUT2D eigenvalue weighted by atomic mass is 79.9. The molecule has 0 aliphatic rings. The number of unbranched alkanes of at least 4 members (excludes halogenated alkanes) is 1. The second-order valence-electron chi connectivity index (χ2n) is 3.29. The molecule has 0 aliphatic carbocycles. The van der Waals surface area contributed by atoms with Gasteiger partial charge in [-0.2, -0.15) is 0 Å². The standard InChI is InChI=1S/C9H17F2NO2.BrH/c1-3-4-5-9(10,11)6-7(12)8(13)14-2;/h7H,3-6,12H2,1-2H3;1H/t7-;/m0./s1. The number of hydrogen-bond donors (Lipinski definition) is 1. The average molecular weight is 290 g/mol. The lowest BCUT2D eigenvalue weighted by molar-refractivity contribution is -0.145. The van der Waals surface area contributed by atoms with Gasteiger partial charge in [0.25, 0.3) is 0 Å². The first kappa shape index (κ1) is 17.2. The van der Waals surface area contributed by atoms with Crippen molar-refractivity contribution in [2.75, 3.05) is 7.11 Å². The SMILES string of the molecule is Br.CCCCC(F)(F)C[C@H](N)C(=O)OC. The summed E-state index contributed by atoms with van der Waals surface area (Å²) in [4.78, 5) is 10.8. The van der Waals surface area contributed by atoms with Crippen molar-refractivity contribution in [2.24, 2.45) is 5.73 Å². The molecule has 92 valence electrons. The molecule has 0 amide bonds. The van der Waals surface area contributed by atoms with Crippen molar-refractivity contribution in [1.82, 2.24) is 0 Å². The van der Waals surface area contributed by atoms with Crippen LogP contribution in [-0.4, -0.2) is 25.0 Å². The molecule has 15 heavy (non-hydrogen) atoms. The molecule has 0 aliphatic heterocycles. The number of rotatable bonds is 6. The molecule has 0 saturated carbocycles. The number of carbonyl (C=O) groups is 1. The average Bonchev–Trinajstić information content (AvgIpc) is 2.12. The van der Waals surface area contributed by atoms with Crippen LogP contribution in [0, 0.1) is 0 Å². The van der Waals surface area contributed by atoms with Gasteiger partial charge in [0.1, 0.15) is 6.04 Å². The Hall–Kier alpha value is -0.230. The first-order valence-electron chi connectivity index (χ1n) is 4.64. The first-order chi connectivity index (χ1) is 6.43. The van der Waals surface area contributed by atoms with Crippen LogP contribution in [0.25, 0.3) is 0 Å². The maximum Gasteiger partial charge on any atom is 0.322 e. The van der Waals surface area contributed by atoms with Crippen LogP contribution in [0.15, 0.2) is 0 Å². The minimum atomic E-state index is -2.87. The van der Waals surface area contributed by atoms with E-state index >= 15 is 0 Å². The topological polar surface area (TPSA) is 52.3 Å². The highest BCUT2D eigenvalue weighted by Crippen LogP contribution is 2.26. The molecule has 0 aromatic rings. The lowest BCUT2D eigenvalue weighted by Gasteiger charge is -2.18. The second kappa shape index (κ2) is 7.98. The van der Waals surface area contributed by atoms with Crippen molar-refractivity contribution in [3.63, 3.8) is 0 Å². The smallest absolute Gasteiger partial charge is 0.322 e. The van der Waals surface area contributed by atoms with Gasteiger partial charge in [0.05, 0.1) is 7.11 Å². The number of ether oxygens (including phenoxy) is 1. The van der Waals surface area contributed by atoms with E-state index in [0.29, 0.717) is 12.8 Å². The molecular weight excluding hydrogens is 272 g/mol. The number of hydrogen-bond acceptors (Lipinski definition) is 3. The van der Waals surface area contributed by atoms with Gasteiger partial charge in [0.2, 0.25) is 5.92 Å². The molecule has 6 heteroatoms. The summed E-state index contributed by atoms with van der Waals surface area (Å²) in [6.07, 6.45) is 0.262. The molecule has 0 radical (unpaired) electrons. The van der Waals surface area contributed by atoms with Crippen LogP contribution in [-0.2, 0) is 9.53 Å². The van der Waals surface area contributed by atoms with Crippen LogP contribution in [0.4, 0.5) is 8.78 Å². The van der Waals surface area contributed by atoms with Crippen LogP contribution in [0.5, 0.6) is 0 Å². The molecule has 3 nitrogen and oxygen atoms in total. The van der Waals surface area contributed by atoms with E-state index in [4.69, 9.17) is 5.73 Å². The molecule has 1 atom stereocenters. The fraction of sp³-hybridized carbons (Fsp3) is 0.889. The zero-order valence-corrected chi connectivity index (χ0v) is 10.7. The summed E-state index contributed by atoms with van der Waals surface area (Å²) in [6.45, 7) is 1.83. The molecule has 0 unspecified atom stereocenters. The molecule has 0 spiro atoms. The lowest BCUT2D eigenvalue weighted by Crippen LogP contribution is -2.37. The van der Waals surface area contributed by atoms with Crippen LogP contribution in [0.2, 0.25) is 0 Å². The van der Waals surface area contributed by atoms with E-state index in [0.717, 1.165) is 7.11 Å². The van der Waals surface area contributed by atoms with Crippen molar-refractivity contribution in [3.8, 4) is 0 Å². The zero-order chi connectivity index (χ0) is 11.2. The summed E-state index contributed by atoms with van der Waals surface area (Å²) < 4.78 is 30.4. The van der Waals surface area contributed by atoms with Crippen molar-refractivity contribution in [2.45, 2.75) is 44.6 Å². The van der Waals surface area contributed by atoms with Crippen molar-refractivity contribution >= 4 is 23.0 Å². The van der Waals surface area contributed by atoms with Gasteiger partial charge in [-0.25, -0.2) is 8.78 Å². The number of nitrogens with two attached hydrogens (primary N) is 1. The Balaban J connectivity index is 0. The van der Waals surface area contributed by atoms with E-state index in [1.54, 1.807) is 0 Å². The van der Waals surface area contributed by atoms with Crippen LogP contribution in [0.3, 0.4) is 0 Å². The van der Waals surface area contributed by atoms with Crippen LogP contribution in [0.1, 0.15) is 32.6 Å². The third kappa shape index (κ3) is 7.67. The maximum atomic E-state index is 13.1. The highest BCUT2D eigenvalue weighted by molar-refractivity contribution is 8.93. The molecular formula is C9H18BrF2NO2. The molecule has 0 aromatic carbocycles. The number of halogens is 3. The largest absolute Gasteiger partial charge is 0.468 e. The summed E-state index contributed by atoms with van der Waals surface area (Å²) in [5.74, 6) is -3.66. The molecule has 0 aromatic heterocycles. The third-order valence-corrected chi connectivity index (χ3v) is 1.92. The van der Waals surface area contributed by atoms with E-state index in [9.17, 15) is 13.6 Å². The van der Waals surface area contributed by atoms with Crippen molar-refractivity contribution < 1.29 is 18.3 Å². The Labute approximate surface area is 99.1 Å². The summed E-state index contributed by atoms with van der Waals surface area (Å²) in [7, 11) is 1.13. The molecule has 2 N–H and O–H groups in total. The minimum Gasteiger partial charge on any atom is -0.468 e. The van der Waals surface area contributed by atoms with Gasteiger partial charge in [-0.3, -0.25) is 4.79 Å². The summed E-state index contributed by atoms with van der Waals surface area (Å²) in [5, 5.41) is 0. The Morgan fingerprint density at radius 3 is 2.47 bits per heavy atom. The van der Waals surface area contributed by atoms with E-state index in [1.807, 2.05) is 6.92 Å². The Morgan fingerprint density at radius 1 is 1.53 bits per heavy atom. The normalized spacial score (nSPS) is 12.9. The van der Waals surface area contributed by atoms with Gasteiger partial charge in [-0.05, 0) is 6.42 Å². The van der Waals surface area contributed by atoms with Crippen molar-refractivity contribution in [1.29, 1.82) is 0 Å². The van der Waals surface area contributed by atoms with Gasteiger partial charge in [-0.1, -0.05) is 13.3 Å². The van der Waals surface area contributed by atoms with E-state index in [1.165, 1.54) is 0 Å². The van der Waals surface area contributed by atoms with E-state index < -0.39 is 24.4 Å². The monoisotopic (exact) mass is 289 g/mol. The summed E-state index contributed by atoms with van der Waals surface area (Å²) >= 11 is 0. The fourth-order valence-corrected chi connectivity index (χ4v) is 1.09. The molecule has 0 rings (SSSR count). The third-order valence-electron chi connectivity index (χ3n) is 1.92. The Kier molecular flexibility index (Phi) is 9.14. The van der Waals surface area contributed by atoms with Gasteiger partial charge in [0, 0.05) is 12.8 Å². The number of methoxy groups -OCH3 is 1. The number of carbonyl (C=O) groups excluding carboxylic acids is 1. The fourth-order valence-electron chi connectivity index (χ4n) is 1.09. The molecule has 0 heterocycles. The first-order valence-corrected chi connectivity index (χ1v) is 4.64. The molecule has 0 bridgehead atoms. The second-order valence-corrected chi connectivity index (χ2v) is 3.29. The maximum absolute atomic E-state index is 13.1. The van der Waals surface area contributed by atoms with Crippen LogP contribution >= 0.6 is 17.0 Å². The Morgan fingerprint density at radius 2 is 2.07 bits per heavy atom. The number of esters is 1. The zero-order valence-electron chi connectivity index (χ0n) is 8.96. The van der Waals surface area contributed by atoms with Crippen molar-refractivity contribution in [3.05, 3.63) is 0 Å². The quantitative estimate of drug-likeness (QED) is 0.764. The van der Waals surface area contributed by atoms with Gasteiger partial charge in [-0.15, -0.1) is 17.0 Å². The minimum absolute atomic E-state index is 0. The summed E-state index contributed by atoms with van der Waals surface area (Å²) in [6, 6.07) is -1.23. The van der Waals surface area contributed by atoms with Gasteiger partial charge < -0.3 is 10.5 Å². The van der Waals surface area contributed by atoms with E-state index in [-0.39, 0.29) is 23.4 Å². The summed E-state index contributed by atoms with van der Waals surface area (Å²) in [5.41, 5.74) is 5.23. The number of alkyl halides is 2. The lowest BCUT2D eigenvalue weighted by atomic mass is 10.0. The Bertz CT molecular complexity index is 191. The van der Waals surface area contributed by atoms with Gasteiger partial charge >= 0.3 is 5.97 Å². The van der Waals surface area contributed by atoms with E-state index in [2.05, 4.69) is 4.74 Å². The predicted octanol–water partition coefficient (Wildman–Crippen LogP) is 2.28. The van der Waals surface area contributed by atoms with Crippen LogP contribution < -0.4 is 5.73 Å². The molecule has 0 fully saturated rings. The predicted molar refractivity (Wildman–Crippen MR) is 59.4 cm³/mol. The highest BCUT2D eigenvalue weighted by Gasteiger charge is 2.33. The molecule has 0 saturated heterocycles. The van der Waals surface area contributed by atoms with Gasteiger partial charge in [0.15, 0.2) is 0 Å².